The van der Waals surface area contributed by atoms with Gasteiger partial charge in [-0.3, -0.25) is 9.36 Å². The molecule has 0 bridgehead atoms. The molecule has 0 saturated heterocycles. The van der Waals surface area contributed by atoms with E-state index in [0.29, 0.717) is 6.61 Å². The van der Waals surface area contributed by atoms with Crippen LogP contribution in [0.15, 0.2) is 30.9 Å². The molecule has 80 valence electrons. The van der Waals surface area contributed by atoms with Crippen molar-refractivity contribution in [3.8, 4) is 5.75 Å². The van der Waals surface area contributed by atoms with Gasteiger partial charge in [-0.2, -0.15) is 10.2 Å². The molecule has 0 aliphatic rings. The van der Waals surface area contributed by atoms with Gasteiger partial charge in [-0.05, 0) is 13.0 Å². The summed E-state index contributed by atoms with van der Waals surface area (Å²) in [6.07, 6.45) is 7.30. The van der Waals surface area contributed by atoms with Crippen LogP contribution < -0.4 is 4.74 Å². The molecule has 0 fully saturated rings. The monoisotopic (exact) mass is 206 g/mol. The molecule has 0 atom stereocenters. The van der Waals surface area contributed by atoms with Gasteiger partial charge in [0.05, 0.1) is 18.9 Å². The number of aromatic nitrogens is 4. The second kappa shape index (κ2) is 4.63. The van der Waals surface area contributed by atoms with Crippen LogP contribution in [-0.2, 0) is 13.1 Å². The molecule has 0 amide bonds. The summed E-state index contributed by atoms with van der Waals surface area (Å²) < 4.78 is 9.19. The van der Waals surface area contributed by atoms with Crippen molar-refractivity contribution in [2.75, 3.05) is 6.61 Å². The molecular weight excluding hydrogens is 192 g/mol. The molecule has 5 nitrogen and oxygen atoms in total. The van der Waals surface area contributed by atoms with Crippen LogP contribution in [0.2, 0.25) is 0 Å². The minimum Gasteiger partial charge on any atom is -0.488 e. The van der Waals surface area contributed by atoms with Gasteiger partial charge in [0.15, 0.2) is 5.75 Å². The fourth-order valence-corrected chi connectivity index (χ4v) is 1.28. The molecule has 0 saturated carbocycles. The molecule has 2 heterocycles. The molecule has 0 radical (unpaired) electrons. The Balaban J connectivity index is 1.78. The van der Waals surface area contributed by atoms with Crippen molar-refractivity contribution in [2.24, 2.45) is 0 Å². The second-order valence-corrected chi connectivity index (χ2v) is 3.15. The summed E-state index contributed by atoms with van der Waals surface area (Å²) in [7, 11) is 0. The van der Waals surface area contributed by atoms with Crippen molar-refractivity contribution in [1.29, 1.82) is 0 Å². The predicted octanol–water partition coefficient (Wildman–Crippen LogP) is 1.18. The van der Waals surface area contributed by atoms with Gasteiger partial charge in [0, 0.05) is 18.9 Å². The number of hydrogen-bond donors (Lipinski definition) is 0. The molecule has 0 aromatic carbocycles. The highest BCUT2D eigenvalue weighted by molar-refractivity contribution is 5.11. The molecule has 5 heteroatoms. The fourth-order valence-electron chi connectivity index (χ4n) is 1.28. The largest absolute Gasteiger partial charge is 0.488 e. The van der Waals surface area contributed by atoms with Crippen LogP contribution in [0.3, 0.4) is 0 Å². The second-order valence-electron chi connectivity index (χ2n) is 3.15. The lowest BCUT2D eigenvalue weighted by Crippen LogP contribution is -2.08. The van der Waals surface area contributed by atoms with E-state index in [1.165, 1.54) is 0 Å². The van der Waals surface area contributed by atoms with Crippen LogP contribution >= 0.6 is 0 Å². The van der Waals surface area contributed by atoms with E-state index < -0.39 is 0 Å². The third-order valence-electron chi connectivity index (χ3n) is 2.08. The molecule has 0 spiro atoms. The minimum absolute atomic E-state index is 0.608. The van der Waals surface area contributed by atoms with Gasteiger partial charge in [0.25, 0.3) is 0 Å². The summed E-state index contributed by atoms with van der Waals surface area (Å²) in [5.74, 6) is 0.809. The normalized spacial score (nSPS) is 10.5. The average molecular weight is 206 g/mol. The Labute approximate surface area is 88.3 Å². The predicted molar refractivity (Wildman–Crippen MR) is 55.6 cm³/mol. The lowest BCUT2D eigenvalue weighted by Gasteiger charge is -2.02. The van der Waals surface area contributed by atoms with Gasteiger partial charge in [-0.15, -0.1) is 0 Å². The molecule has 0 unspecified atom stereocenters. The molecule has 0 aliphatic carbocycles. The van der Waals surface area contributed by atoms with Crippen molar-refractivity contribution in [1.82, 2.24) is 19.6 Å². The smallest absolute Gasteiger partial charge is 0.157 e. The lowest BCUT2D eigenvalue weighted by molar-refractivity contribution is 0.291. The summed E-state index contributed by atoms with van der Waals surface area (Å²) in [5.41, 5.74) is 0. The van der Waals surface area contributed by atoms with Crippen LogP contribution in [0, 0.1) is 0 Å². The van der Waals surface area contributed by atoms with Crippen LogP contribution in [0.5, 0.6) is 5.75 Å². The third-order valence-corrected chi connectivity index (χ3v) is 2.08. The van der Waals surface area contributed by atoms with E-state index in [-0.39, 0.29) is 0 Å². The molecular formula is C10H14N4O. The molecule has 2 aromatic rings. The Morgan fingerprint density at radius 1 is 1.33 bits per heavy atom. The van der Waals surface area contributed by atoms with E-state index in [9.17, 15) is 0 Å². The highest BCUT2D eigenvalue weighted by atomic mass is 16.5. The number of aryl methyl sites for hydroxylation is 1. The van der Waals surface area contributed by atoms with E-state index in [2.05, 4.69) is 10.2 Å². The summed E-state index contributed by atoms with van der Waals surface area (Å²) in [5, 5.41) is 8.20. The maximum atomic E-state index is 5.52. The Morgan fingerprint density at radius 2 is 2.27 bits per heavy atom. The molecule has 2 rings (SSSR count). The van der Waals surface area contributed by atoms with Crippen molar-refractivity contribution in [3.05, 3.63) is 30.9 Å². The van der Waals surface area contributed by atoms with Crippen LogP contribution in [-0.4, -0.2) is 26.2 Å². The standard InChI is InChI=1S/C10H14N4O/c1-2-13-9-10(8-12-13)15-7-6-14-5-3-4-11-14/h3-5,8-9H,2,6-7H2,1H3. The van der Waals surface area contributed by atoms with Crippen molar-refractivity contribution in [2.45, 2.75) is 20.0 Å². The van der Waals surface area contributed by atoms with Gasteiger partial charge in [0.1, 0.15) is 6.61 Å². The first-order valence-electron chi connectivity index (χ1n) is 5.01. The summed E-state index contributed by atoms with van der Waals surface area (Å²) >= 11 is 0. The number of rotatable bonds is 5. The van der Waals surface area contributed by atoms with Crippen LogP contribution in [0.1, 0.15) is 6.92 Å². The van der Waals surface area contributed by atoms with Gasteiger partial charge in [-0.1, -0.05) is 0 Å². The average Bonchev–Trinajstić information content (AvgIpc) is 2.88. The SMILES string of the molecule is CCn1cc(OCCn2cccn2)cn1. The highest BCUT2D eigenvalue weighted by Gasteiger charge is 1.97. The third kappa shape index (κ3) is 2.59. The first-order chi connectivity index (χ1) is 7.38. The highest BCUT2D eigenvalue weighted by Crippen LogP contribution is 2.07. The maximum absolute atomic E-state index is 5.52. The van der Waals surface area contributed by atoms with Crippen molar-refractivity contribution in [3.63, 3.8) is 0 Å². The van der Waals surface area contributed by atoms with Crippen molar-refractivity contribution >= 4 is 0 Å². The number of hydrogen-bond acceptors (Lipinski definition) is 3. The van der Waals surface area contributed by atoms with E-state index in [1.54, 1.807) is 12.4 Å². The molecule has 0 N–H and O–H groups in total. The Hall–Kier alpha value is -1.78. The van der Waals surface area contributed by atoms with Gasteiger partial charge in [0.2, 0.25) is 0 Å². The lowest BCUT2D eigenvalue weighted by atomic mass is 10.6. The zero-order chi connectivity index (χ0) is 10.5. The fraction of sp³-hybridized carbons (Fsp3) is 0.400. The summed E-state index contributed by atoms with van der Waals surface area (Å²) in [6.45, 7) is 4.27. The van der Waals surface area contributed by atoms with Gasteiger partial charge >= 0.3 is 0 Å². The summed E-state index contributed by atoms with van der Waals surface area (Å²) in [4.78, 5) is 0. The van der Waals surface area contributed by atoms with E-state index in [1.807, 2.05) is 34.7 Å². The zero-order valence-corrected chi connectivity index (χ0v) is 8.71. The Morgan fingerprint density at radius 3 is 2.93 bits per heavy atom. The molecule has 15 heavy (non-hydrogen) atoms. The van der Waals surface area contributed by atoms with Crippen LogP contribution in [0.4, 0.5) is 0 Å². The maximum Gasteiger partial charge on any atom is 0.157 e. The topological polar surface area (TPSA) is 44.9 Å². The van der Waals surface area contributed by atoms with Crippen LogP contribution in [0.25, 0.3) is 0 Å². The first kappa shape index (κ1) is 9.76. The Bertz CT molecular complexity index is 393. The number of ether oxygens (including phenoxy) is 1. The minimum atomic E-state index is 0.608. The van der Waals surface area contributed by atoms with E-state index >= 15 is 0 Å². The Kier molecular flexibility index (Phi) is 3.02. The number of nitrogens with zero attached hydrogens (tertiary/aromatic N) is 4. The quantitative estimate of drug-likeness (QED) is 0.737. The van der Waals surface area contributed by atoms with Crippen molar-refractivity contribution < 1.29 is 4.74 Å². The van der Waals surface area contributed by atoms with Gasteiger partial charge < -0.3 is 4.74 Å². The molecule has 2 aromatic heterocycles. The van der Waals surface area contributed by atoms with Gasteiger partial charge in [-0.25, -0.2) is 0 Å². The zero-order valence-electron chi connectivity index (χ0n) is 8.71. The first-order valence-corrected chi connectivity index (χ1v) is 5.01. The summed E-state index contributed by atoms with van der Waals surface area (Å²) in [6, 6.07) is 1.90. The van der Waals surface area contributed by atoms with E-state index in [4.69, 9.17) is 4.74 Å². The van der Waals surface area contributed by atoms with E-state index in [0.717, 1.165) is 18.8 Å². The molecule has 0 aliphatic heterocycles.